The highest BCUT2D eigenvalue weighted by Gasteiger charge is 2.21. The number of aliphatic hydroxyl groups is 1. The lowest BCUT2D eigenvalue weighted by Crippen LogP contribution is -2.14. The quantitative estimate of drug-likeness (QED) is 0.610. The Morgan fingerprint density at radius 1 is 1.42 bits per heavy atom. The molecular weight excluding hydrogens is 268 g/mol. The van der Waals surface area contributed by atoms with Gasteiger partial charge >= 0.3 is 11.9 Å². The highest BCUT2D eigenvalue weighted by atomic mass is 32.2. The van der Waals surface area contributed by atoms with E-state index in [1.54, 1.807) is 12.1 Å². The number of methoxy groups -OCH3 is 1. The molecule has 0 saturated carbocycles. The molecule has 0 aliphatic carbocycles. The molecule has 0 radical (unpaired) electrons. The second kappa shape index (κ2) is 7.16. The third kappa shape index (κ3) is 3.97. The molecule has 1 aromatic rings. The Balaban J connectivity index is 3.09. The number of esters is 1. The summed E-state index contributed by atoms with van der Waals surface area (Å²) in [5, 5.41) is 18.6. The molecule has 0 bridgehead atoms. The van der Waals surface area contributed by atoms with Crippen molar-refractivity contribution in [2.24, 2.45) is 0 Å². The minimum atomic E-state index is -1.58. The van der Waals surface area contributed by atoms with Crippen LogP contribution in [0.2, 0.25) is 0 Å². The third-order valence-electron chi connectivity index (χ3n) is 2.72. The molecule has 6 heteroatoms. The molecule has 0 heterocycles. The number of hydrogen-bond donors (Lipinski definition) is 2. The van der Waals surface area contributed by atoms with E-state index >= 15 is 0 Å². The van der Waals surface area contributed by atoms with Gasteiger partial charge in [-0.3, -0.25) is 4.79 Å². The first-order valence-corrected chi connectivity index (χ1v) is 6.87. The Labute approximate surface area is 115 Å². The van der Waals surface area contributed by atoms with E-state index in [1.165, 1.54) is 18.9 Å². The summed E-state index contributed by atoms with van der Waals surface area (Å²) in [5.74, 6) is -1.68. The average Bonchev–Trinajstić information content (AvgIpc) is 2.43. The fraction of sp³-hybridized carbons (Fsp3) is 0.385. The van der Waals surface area contributed by atoms with E-state index < -0.39 is 12.1 Å². The topological polar surface area (TPSA) is 83.8 Å². The monoisotopic (exact) mass is 284 g/mol. The summed E-state index contributed by atoms with van der Waals surface area (Å²) >= 11 is 1.44. The lowest BCUT2D eigenvalue weighted by molar-refractivity contribution is -0.147. The number of rotatable bonds is 6. The Bertz CT molecular complexity index is 472. The first-order chi connectivity index (χ1) is 9.01. The predicted octanol–water partition coefficient (Wildman–Crippen LogP) is 1.63. The van der Waals surface area contributed by atoms with Crippen LogP contribution in [0, 0.1) is 0 Å². The van der Waals surface area contributed by atoms with Crippen molar-refractivity contribution in [3.63, 3.8) is 0 Å². The molecule has 1 unspecified atom stereocenters. The molecule has 2 N–H and O–H groups in total. The number of carboxylic acid groups (broad SMARTS) is 1. The molecule has 0 fully saturated rings. The van der Waals surface area contributed by atoms with Crippen molar-refractivity contribution < 1.29 is 24.5 Å². The SMILES string of the molecule is COC(=O)CCc1c(SC)cccc1C(O)C(=O)O. The maximum atomic E-state index is 11.2. The molecule has 19 heavy (non-hydrogen) atoms. The largest absolute Gasteiger partial charge is 0.479 e. The van der Waals surface area contributed by atoms with Crippen molar-refractivity contribution in [2.45, 2.75) is 23.8 Å². The van der Waals surface area contributed by atoms with Crippen LogP contribution in [0.25, 0.3) is 0 Å². The molecule has 0 aliphatic rings. The Hall–Kier alpha value is -1.53. The summed E-state index contributed by atoms with van der Waals surface area (Å²) in [6.07, 6.45) is 0.754. The normalized spacial score (nSPS) is 11.9. The van der Waals surface area contributed by atoms with E-state index in [-0.39, 0.29) is 12.4 Å². The molecular formula is C13H16O5S. The first-order valence-electron chi connectivity index (χ1n) is 5.64. The summed E-state index contributed by atoms with van der Waals surface area (Å²) in [5.41, 5.74) is 0.999. The molecule has 0 spiro atoms. The minimum Gasteiger partial charge on any atom is -0.479 e. The standard InChI is InChI=1S/C13H16O5S/c1-18-11(14)7-6-8-9(12(15)13(16)17)4-3-5-10(8)19-2/h3-5,12,15H,6-7H2,1-2H3,(H,16,17). The summed E-state index contributed by atoms with van der Waals surface area (Å²) in [7, 11) is 1.30. The lowest BCUT2D eigenvalue weighted by Gasteiger charge is -2.15. The van der Waals surface area contributed by atoms with Crippen LogP contribution in [0.4, 0.5) is 0 Å². The van der Waals surface area contributed by atoms with Gasteiger partial charge in [0.15, 0.2) is 6.10 Å². The van der Waals surface area contributed by atoms with Crippen molar-refractivity contribution >= 4 is 23.7 Å². The summed E-state index contributed by atoms with van der Waals surface area (Å²) in [6.45, 7) is 0. The van der Waals surface area contributed by atoms with Gasteiger partial charge in [0, 0.05) is 11.3 Å². The van der Waals surface area contributed by atoms with Gasteiger partial charge in [0.2, 0.25) is 0 Å². The van der Waals surface area contributed by atoms with Gasteiger partial charge in [0.1, 0.15) is 0 Å². The highest BCUT2D eigenvalue weighted by Crippen LogP contribution is 2.29. The smallest absolute Gasteiger partial charge is 0.337 e. The second-order valence-electron chi connectivity index (χ2n) is 3.84. The number of benzene rings is 1. The van der Waals surface area contributed by atoms with Gasteiger partial charge in [-0.05, 0) is 29.9 Å². The molecule has 5 nitrogen and oxygen atoms in total. The number of hydrogen-bond acceptors (Lipinski definition) is 5. The second-order valence-corrected chi connectivity index (χ2v) is 4.69. The molecule has 1 atom stereocenters. The molecule has 0 saturated heterocycles. The lowest BCUT2D eigenvalue weighted by atomic mass is 9.98. The van der Waals surface area contributed by atoms with Gasteiger partial charge in [-0.2, -0.15) is 0 Å². The maximum absolute atomic E-state index is 11.2. The van der Waals surface area contributed by atoms with Crippen molar-refractivity contribution in [3.05, 3.63) is 29.3 Å². The summed E-state index contributed by atoms with van der Waals surface area (Å²) in [4.78, 5) is 22.9. The number of aliphatic carboxylic acids is 1. The van der Waals surface area contributed by atoms with Crippen molar-refractivity contribution in [2.75, 3.05) is 13.4 Å². The van der Waals surface area contributed by atoms with Gasteiger partial charge in [-0.15, -0.1) is 11.8 Å². The van der Waals surface area contributed by atoms with E-state index in [9.17, 15) is 14.7 Å². The van der Waals surface area contributed by atoms with E-state index in [0.29, 0.717) is 17.5 Å². The van der Waals surface area contributed by atoms with E-state index in [2.05, 4.69) is 4.74 Å². The van der Waals surface area contributed by atoms with Gasteiger partial charge in [0.25, 0.3) is 0 Å². The van der Waals surface area contributed by atoms with Gasteiger partial charge in [-0.1, -0.05) is 12.1 Å². The van der Waals surface area contributed by atoms with Crippen LogP contribution < -0.4 is 0 Å². The zero-order chi connectivity index (χ0) is 14.4. The number of carbonyl (C=O) groups excluding carboxylic acids is 1. The van der Waals surface area contributed by atoms with Crippen LogP contribution in [-0.2, 0) is 20.7 Å². The highest BCUT2D eigenvalue weighted by molar-refractivity contribution is 7.98. The fourth-order valence-corrected chi connectivity index (χ4v) is 2.44. The number of carboxylic acids is 1. The third-order valence-corrected chi connectivity index (χ3v) is 3.55. The zero-order valence-corrected chi connectivity index (χ0v) is 11.6. The van der Waals surface area contributed by atoms with Crippen LogP contribution in [0.15, 0.2) is 23.1 Å². The minimum absolute atomic E-state index is 0.146. The molecule has 0 aromatic heterocycles. The molecule has 0 aliphatic heterocycles. The zero-order valence-electron chi connectivity index (χ0n) is 10.8. The van der Waals surface area contributed by atoms with E-state index in [0.717, 1.165) is 4.90 Å². The van der Waals surface area contributed by atoms with Crippen LogP contribution in [0.1, 0.15) is 23.7 Å². The number of aliphatic hydroxyl groups excluding tert-OH is 1. The average molecular weight is 284 g/mol. The first kappa shape index (κ1) is 15.5. The number of ether oxygens (including phenoxy) is 1. The molecule has 1 rings (SSSR count). The van der Waals surface area contributed by atoms with Gasteiger partial charge < -0.3 is 14.9 Å². The number of carbonyl (C=O) groups is 2. The maximum Gasteiger partial charge on any atom is 0.337 e. The Kier molecular flexibility index (Phi) is 5.85. The molecule has 1 aromatic carbocycles. The van der Waals surface area contributed by atoms with Crippen molar-refractivity contribution in [1.82, 2.24) is 0 Å². The van der Waals surface area contributed by atoms with Crippen molar-refractivity contribution in [3.8, 4) is 0 Å². The predicted molar refractivity (Wildman–Crippen MR) is 71.2 cm³/mol. The van der Waals surface area contributed by atoms with E-state index in [4.69, 9.17) is 5.11 Å². The van der Waals surface area contributed by atoms with Crippen LogP contribution >= 0.6 is 11.8 Å². The van der Waals surface area contributed by atoms with Gasteiger partial charge in [-0.25, -0.2) is 4.79 Å². The summed E-state index contributed by atoms with van der Waals surface area (Å²) < 4.78 is 4.57. The Morgan fingerprint density at radius 2 is 2.11 bits per heavy atom. The molecule has 0 amide bonds. The van der Waals surface area contributed by atoms with Crippen LogP contribution in [-0.4, -0.2) is 35.5 Å². The molecule has 104 valence electrons. The number of thioether (sulfide) groups is 1. The van der Waals surface area contributed by atoms with E-state index in [1.807, 2.05) is 12.3 Å². The Morgan fingerprint density at radius 3 is 2.63 bits per heavy atom. The van der Waals surface area contributed by atoms with Gasteiger partial charge in [0.05, 0.1) is 7.11 Å². The fourth-order valence-electron chi connectivity index (χ4n) is 1.76. The van der Waals surface area contributed by atoms with Crippen LogP contribution in [0.5, 0.6) is 0 Å². The summed E-state index contributed by atoms with van der Waals surface area (Å²) in [6, 6.07) is 5.08. The van der Waals surface area contributed by atoms with Crippen molar-refractivity contribution in [1.29, 1.82) is 0 Å². The van der Waals surface area contributed by atoms with Crippen LogP contribution in [0.3, 0.4) is 0 Å².